The summed E-state index contributed by atoms with van der Waals surface area (Å²) < 4.78 is 33.3. The quantitative estimate of drug-likeness (QED) is 0.148. The molecule has 204 valence electrons. The molecule has 4 aromatic rings. The number of carbonyl (C=O) groups is 1. The van der Waals surface area contributed by atoms with Crippen molar-refractivity contribution in [1.29, 1.82) is 0 Å². The number of carbonyl (C=O) groups excluding carboxylic acids is 1. The predicted octanol–water partition coefficient (Wildman–Crippen LogP) is 5.17. The number of nitrogens with one attached hydrogen (secondary N) is 1. The molecule has 0 saturated carbocycles. The van der Waals surface area contributed by atoms with Crippen LogP contribution in [0.25, 0.3) is 0 Å². The van der Waals surface area contributed by atoms with Crippen LogP contribution in [0.3, 0.4) is 0 Å². The molecule has 0 unspecified atom stereocenters. The van der Waals surface area contributed by atoms with Crippen LogP contribution < -0.4 is 14.5 Å². The van der Waals surface area contributed by atoms with Crippen molar-refractivity contribution in [2.75, 3.05) is 10.8 Å². The Morgan fingerprint density at radius 1 is 0.950 bits per heavy atom. The molecule has 0 fully saturated rings. The van der Waals surface area contributed by atoms with E-state index in [0.29, 0.717) is 16.3 Å². The van der Waals surface area contributed by atoms with Gasteiger partial charge in [-0.1, -0.05) is 29.8 Å². The van der Waals surface area contributed by atoms with Crippen LogP contribution in [-0.4, -0.2) is 32.0 Å². The second-order valence-corrected chi connectivity index (χ2v) is 10.7. The third-order valence-electron chi connectivity index (χ3n) is 5.57. The lowest BCUT2D eigenvalue weighted by Gasteiger charge is -2.23. The van der Waals surface area contributed by atoms with E-state index in [1.165, 1.54) is 42.6 Å². The molecule has 0 radical (unpaired) electrons. The smallest absolute Gasteiger partial charge is 0.269 e. The summed E-state index contributed by atoms with van der Waals surface area (Å²) in [7, 11) is -4.04. The topological polar surface area (TPSA) is 131 Å². The van der Waals surface area contributed by atoms with Crippen molar-refractivity contribution in [1.82, 2.24) is 5.43 Å². The van der Waals surface area contributed by atoms with Crippen LogP contribution in [0.1, 0.15) is 11.1 Å². The molecule has 4 rings (SSSR count). The highest BCUT2D eigenvalue weighted by molar-refractivity contribution is 7.92. The monoisotopic (exact) mass is 578 g/mol. The Balaban J connectivity index is 1.36. The lowest BCUT2D eigenvalue weighted by molar-refractivity contribution is -0.384. The highest BCUT2D eigenvalue weighted by atomic mass is 35.5. The van der Waals surface area contributed by atoms with Crippen molar-refractivity contribution in [3.63, 3.8) is 0 Å². The van der Waals surface area contributed by atoms with Crippen LogP contribution >= 0.6 is 11.6 Å². The minimum absolute atomic E-state index is 0.00925. The number of sulfonamides is 1. The highest BCUT2D eigenvalue weighted by Crippen LogP contribution is 2.25. The van der Waals surface area contributed by atoms with E-state index in [9.17, 15) is 23.3 Å². The summed E-state index contributed by atoms with van der Waals surface area (Å²) in [5.41, 5.74) is 4.08. The molecule has 12 heteroatoms. The van der Waals surface area contributed by atoms with E-state index in [4.69, 9.17) is 16.3 Å². The van der Waals surface area contributed by atoms with Crippen molar-refractivity contribution < 1.29 is 22.9 Å². The van der Waals surface area contributed by atoms with Gasteiger partial charge in [-0.25, -0.2) is 13.8 Å². The fourth-order valence-electron chi connectivity index (χ4n) is 3.52. The number of benzene rings is 4. The molecule has 0 aliphatic heterocycles. The van der Waals surface area contributed by atoms with Crippen molar-refractivity contribution in [2.45, 2.75) is 11.5 Å². The maximum atomic E-state index is 13.3. The molecule has 0 bridgehead atoms. The standard InChI is InChI=1S/C28H23ClN4O6S/c29-23-10-14-24(15-11-23)32(40(37,38)27-4-2-1-3-5-27)19-28(34)31-30-18-21-8-16-26(17-9-21)39-20-22-6-12-25(13-7-22)33(35)36/h1-18H,19-20H2,(H,31,34)/b30-18-. The number of nitro groups is 1. The number of ether oxygens (including phenoxy) is 1. The maximum absolute atomic E-state index is 13.3. The third kappa shape index (κ3) is 7.43. The van der Waals surface area contributed by atoms with Gasteiger partial charge in [0.15, 0.2) is 0 Å². The van der Waals surface area contributed by atoms with E-state index in [1.807, 2.05) is 0 Å². The van der Waals surface area contributed by atoms with Gasteiger partial charge in [-0.05, 0) is 83.9 Å². The second kappa shape index (κ2) is 12.9. The number of rotatable bonds is 11. The normalized spacial score (nSPS) is 11.2. The van der Waals surface area contributed by atoms with Gasteiger partial charge in [0.25, 0.3) is 21.6 Å². The molecule has 40 heavy (non-hydrogen) atoms. The first-order valence-corrected chi connectivity index (χ1v) is 13.7. The number of hydrogen-bond donors (Lipinski definition) is 1. The summed E-state index contributed by atoms with van der Waals surface area (Å²) in [6, 6.07) is 26.9. The fourth-order valence-corrected chi connectivity index (χ4v) is 5.09. The van der Waals surface area contributed by atoms with Gasteiger partial charge in [0, 0.05) is 17.2 Å². The number of hydrogen-bond acceptors (Lipinski definition) is 7. The number of nitro benzene ring substituents is 1. The molecule has 0 atom stereocenters. The van der Waals surface area contributed by atoms with Crippen molar-refractivity contribution in [2.24, 2.45) is 5.10 Å². The van der Waals surface area contributed by atoms with Gasteiger partial charge in [0.05, 0.1) is 21.7 Å². The summed E-state index contributed by atoms with van der Waals surface area (Å²) in [4.78, 5) is 23.0. The molecule has 4 aromatic carbocycles. The minimum Gasteiger partial charge on any atom is -0.489 e. The van der Waals surface area contributed by atoms with Crippen LogP contribution in [0.4, 0.5) is 11.4 Å². The number of hydrazone groups is 1. The summed E-state index contributed by atoms with van der Waals surface area (Å²) in [6.45, 7) is -0.275. The zero-order chi connectivity index (χ0) is 28.5. The van der Waals surface area contributed by atoms with Gasteiger partial charge in [-0.15, -0.1) is 0 Å². The first-order chi connectivity index (χ1) is 19.2. The van der Waals surface area contributed by atoms with Crippen molar-refractivity contribution in [3.8, 4) is 5.75 Å². The van der Waals surface area contributed by atoms with Crippen molar-refractivity contribution in [3.05, 3.63) is 129 Å². The van der Waals surface area contributed by atoms with Gasteiger partial charge in [0.2, 0.25) is 0 Å². The Morgan fingerprint density at radius 3 is 2.23 bits per heavy atom. The average Bonchev–Trinajstić information content (AvgIpc) is 2.96. The number of non-ortho nitro benzene ring substituents is 1. The summed E-state index contributed by atoms with van der Waals surface area (Å²) in [5, 5.41) is 15.1. The Bertz CT molecular complexity index is 1600. The SMILES string of the molecule is O=C(CN(c1ccc(Cl)cc1)S(=O)(=O)c1ccccc1)N/N=C\c1ccc(OCc2ccc([N+](=O)[O-])cc2)cc1. The summed E-state index contributed by atoms with van der Waals surface area (Å²) >= 11 is 5.96. The number of anilines is 1. The van der Waals surface area contributed by atoms with Crippen LogP contribution in [0.2, 0.25) is 5.02 Å². The van der Waals surface area contributed by atoms with Crippen LogP contribution in [0.5, 0.6) is 5.75 Å². The molecule has 1 amide bonds. The Labute approximate surface area is 235 Å². The van der Waals surface area contributed by atoms with Gasteiger partial charge < -0.3 is 4.74 Å². The maximum Gasteiger partial charge on any atom is 0.269 e. The van der Waals surface area contributed by atoms with E-state index in [2.05, 4.69) is 10.5 Å². The Hall–Kier alpha value is -4.74. The molecular formula is C28H23ClN4O6S. The first-order valence-electron chi connectivity index (χ1n) is 11.8. The fraction of sp³-hybridized carbons (Fsp3) is 0.0714. The van der Waals surface area contributed by atoms with Gasteiger partial charge in [-0.3, -0.25) is 19.2 Å². The molecule has 0 aliphatic rings. The van der Waals surface area contributed by atoms with E-state index in [0.717, 1.165) is 9.87 Å². The zero-order valence-corrected chi connectivity index (χ0v) is 22.5. The Morgan fingerprint density at radius 2 is 1.60 bits per heavy atom. The molecule has 0 spiro atoms. The molecule has 0 aromatic heterocycles. The van der Waals surface area contributed by atoms with E-state index in [1.54, 1.807) is 66.7 Å². The van der Waals surface area contributed by atoms with E-state index in [-0.39, 0.29) is 22.9 Å². The van der Waals surface area contributed by atoms with Gasteiger partial charge >= 0.3 is 0 Å². The average molecular weight is 579 g/mol. The van der Waals surface area contributed by atoms with Gasteiger partial charge in [-0.2, -0.15) is 5.10 Å². The van der Waals surface area contributed by atoms with Crippen molar-refractivity contribution >= 4 is 45.1 Å². The molecule has 10 nitrogen and oxygen atoms in total. The highest BCUT2D eigenvalue weighted by Gasteiger charge is 2.27. The van der Waals surface area contributed by atoms with Gasteiger partial charge in [0.1, 0.15) is 18.9 Å². The second-order valence-electron chi connectivity index (χ2n) is 8.38. The number of halogens is 1. The molecule has 0 heterocycles. The predicted molar refractivity (Wildman–Crippen MR) is 152 cm³/mol. The lowest BCUT2D eigenvalue weighted by Crippen LogP contribution is -2.39. The number of amides is 1. The first kappa shape index (κ1) is 28.3. The molecular weight excluding hydrogens is 556 g/mol. The zero-order valence-electron chi connectivity index (χ0n) is 20.9. The molecule has 1 N–H and O–H groups in total. The molecule has 0 aliphatic carbocycles. The van der Waals surface area contributed by atoms with Crippen LogP contribution in [-0.2, 0) is 21.4 Å². The summed E-state index contributed by atoms with van der Waals surface area (Å²) in [5.74, 6) is -0.0713. The molecule has 0 saturated heterocycles. The Kier molecular flexibility index (Phi) is 9.10. The third-order valence-corrected chi connectivity index (χ3v) is 7.61. The summed E-state index contributed by atoms with van der Waals surface area (Å²) in [6.07, 6.45) is 1.41. The van der Waals surface area contributed by atoms with Crippen LogP contribution in [0, 0.1) is 10.1 Å². The van der Waals surface area contributed by atoms with Crippen LogP contribution in [0.15, 0.2) is 113 Å². The largest absolute Gasteiger partial charge is 0.489 e. The lowest BCUT2D eigenvalue weighted by atomic mass is 10.2. The number of nitrogens with zero attached hydrogens (tertiary/aromatic N) is 3. The van der Waals surface area contributed by atoms with E-state index >= 15 is 0 Å². The minimum atomic E-state index is -4.04. The van der Waals surface area contributed by atoms with E-state index < -0.39 is 27.4 Å².